The van der Waals surface area contributed by atoms with E-state index in [1.54, 1.807) is 24.3 Å². The van der Waals surface area contributed by atoms with Crippen LogP contribution in [0, 0.1) is 0 Å². The Morgan fingerprint density at radius 2 is 1.81 bits per heavy atom. The molecule has 0 aliphatic rings. The molecule has 0 atom stereocenters. The molecule has 148 valence electrons. The van der Waals surface area contributed by atoms with E-state index in [1.807, 2.05) is 0 Å². The molecule has 0 saturated heterocycles. The highest BCUT2D eigenvalue weighted by molar-refractivity contribution is 5.95. The van der Waals surface area contributed by atoms with Gasteiger partial charge in [0, 0.05) is 5.69 Å². The van der Waals surface area contributed by atoms with Crippen LogP contribution in [0.3, 0.4) is 0 Å². The van der Waals surface area contributed by atoms with E-state index in [-0.39, 0.29) is 24.3 Å². The van der Waals surface area contributed by atoms with E-state index < -0.39 is 0 Å². The van der Waals surface area contributed by atoms with Crippen molar-refractivity contribution in [2.45, 2.75) is 52.9 Å². The Morgan fingerprint density at radius 3 is 2.46 bits per heavy atom. The second-order valence-corrected chi connectivity index (χ2v) is 6.19. The molecule has 0 bridgehead atoms. The number of halogens is 1. The predicted octanol–water partition coefficient (Wildman–Crippen LogP) is 4.52. The number of esters is 1. The summed E-state index contributed by atoms with van der Waals surface area (Å²) in [7, 11) is 0. The van der Waals surface area contributed by atoms with E-state index >= 15 is 0 Å². The molecule has 0 heterocycles. The summed E-state index contributed by atoms with van der Waals surface area (Å²) >= 11 is 0. The van der Waals surface area contributed by atoms with Crippen LogP contribution >= 0.6 is 12.4 Å². The van der Waals surface area contributed by atoms with E-state index in [2.05, 4.69) is 31.0 Å². The maximum absolute atomic E-state index is 12.2. The molecule has 0 unspecified atom stereocenters. The van der Waals surface area contributed by atoms with Gasteiger partial charge in [0.15, 0.2) is 0 Å². The number of carbonyl (C=O) groups is 2. The number of hydrogen-bond donors (Lipinski definition) is 1. The number of ether oxygens (including phenoxy) is 1. The van der Waals surface area contributed by atoms with Crippen molar-refractivity contribution in [3.8, 4) is 0 Å². The zero-order chi connectivity index (χ0) is 18.5. The van der Waals surface area contributed by atoms with E-state index in [9.17, 15) is 9.59 Å². The van der Waals surface area contributed by atoms with E-state index in [0.717, 1.165) is 45.2 Å². The molecule has 0 radical (unpaired) electrons. The SMILES string of the molecule is CCCCCOC(=O)c1cccc(NC(=O)CN(CC)CCCC)c1.Cl. The predicted molar refractivity (Wildman–Crippen MR) is 109 cm³/mol. The van der Waals surface area contributed by atoms with Gasteiger partial charge in [-0.2, -0.15) is 0 Å². The summed E-state index contributed by atoms with van der Waals surface area (Å²) in [5, 5.41) is 2.87. The van der Waals surface area contributed by atoms with Crippen molar-refractivity contribution in [2.75, 3.05) is 31.6 Å². The van der Waals surface area contributed by atoms with Crippen molar-refractivity contribution in [1.82, 2.24) is 4.90 Å². The molecule has 1 amide bonds. The maximum Gasteiger partial charge on any atom is 0.338 e. The third-order valence-electron chi connectivity index (χ3n) is 4.01. The summed E-state index contributed by atoms with van der Waals surface area (Å²) in [6.45, 7) is 8.87. The van der Waals surface area contributed by atoms with Gasteiger partial charge in [-0.05, 0) is 44.1 Å². The van der Waals surface area contributed by atoms with E-state index in [0.29, 0.717) is 24.4 Å². The molecule has 5 nitrogen and oxygen atoms in total. The van der Waals surface area contributed by atoms with Crippen LogP contribution in [0.25, 0.3) is 0 Å². The normalized spacial score (nSPS) is 10.3. The van der Waals surface area contributed by atoms with Gasteiger partial charge in [-0.3, -0.25) is 9.69 Å². The summed E-state index contributed by atoms with van der Waals surface area (Å²) in [5.41, 5.74) is 1.09. The van der Waals surface area contributed by atoms with Gasteiger partial charge >= 0.3 is 5.97 Å². The number of unbranched alkanes of at least 4 members (excludes halogenated alkanes) is 3. The second kappa shape index (κ2) is 14.6. The first-order valence-corrected chi connectivity index (χ1v) is 9.40. The third kappa shape index (κ3) is 9.78. The first-order chi connectivity index (χ1) is 12.1. The number of carbonyl (C=O) groups excluding carboxylic acids is 2. The fourth-order valence-corrected chi connectivity index (χ4v) is 2.46. The summed E-state index contributed by atoms with van der Waals surface area (Å²) in [6.07, 6.45) is 5.21. The third-order valence-corrected chi connectivity index (χ3v) is 4.01. The molecule has 1 rings (SSSR count). The van der Waals surface area contributed by atoms with Crippen molar-refractivity contribution in [3.63, 3.8) is 0 Å². The topological polar surface area (TPSA) is 58.6 Å². The molecule has 1 aromatic rings. The molecular weight excluding hydrogens is 352 g/mol. The van der Waals surface area contributed by atoms with Crippen LogP contribution in [0.1, 0.15) is 63.2 Å². The minimum atomic E-state index is -0.342. The highest BCUT2D eigenvalue weighted by atomic mass is 35.5. The van der Waals surface area contributed by atoms with E-state index in [4.69, 9.17) is 4.74 Å². The number of amides is 1. The number of nitrogens with one attached hydrogen (secondary N) is 1. The second-order valence-electron chi connectivity index (χ2n) is 6.19. The summed E-state index contributed by atoms with van der Waals surface area (Å²) in [6, 6.07) is 6.92. The van der Waals surface area contributed by atoms with Gasteiger partial charge in [0.2, 0.25) is 5.91 Å². The molecule has 0 fully saturated rings. The van der Waals surface area contributed by atoms with Crippen LogP contribution < -0.4 is 5.32 Å². The van der Waals surface area contributed by atoms with Crippen LogP contribution in [0.4, 0.5) is 5.69 Å². The van der Waals surface area contributed by atoms with Gasteiger partial charge in [-0.25, -0.2) is 4.79 Å². The van der Waals surface area contributed by atoms with Gasteiger partial charge in [0.1, 0.15) is 0 Å². The molecule has 0 spiro atoms. The van der Waals surface area contributed by atoms with Crippen LogP contribution in [0.15, 0.2) is 24.3 Å². The zero-order valence-corrected chi connectivity index (χ0v) is 17.1. The van der Waals surface area contributed by atoms with Gasteiger partial charge < -0.3 is 10.1 Å². The fourth-order valence-electron chi connectivity index (χ4n) is 2.46. The number of nitrogens with zero attached hydrogens (tertiary/aromatic N) is 1. The molecule has 0 saturated carbocycles. The minimum absolute atomic E-state index is 0. The van der Waals surface area contributed by atoms with Crippen LogP contribution in [-0.4, -0.2) is 43.0 Å². The zero-order valence-electron chi connectivity index (χ0n) is 16.3. The minimum Gasteiger partial charge on any atom is -0.462 e. The smallest absolute Gasteiger partial charge is 0.338 e. The average molecular weight is 385 g/mol. The molecule has 0 aromatic heterocycles. The highest BCUT2D eigenvalue weighted by Crippen LogP contribution is 2.12. The lowest BCUT2D eigenvalue weighted by Gasteiger charge is -2.19. The quantitative estimate of drug-likeness (QED) is 0.425. The Kier molecular flexibility index (Phi) is 13.7. The Morgan fingerprint density at radius 1 is 1.08 bits per heavy atom. The largest absolute Gasteiger partial charge is 0.462 e. The Labute approximate surface area is 163 Å². The van der Waals surface area contributed by atoms with Crippen molar-refractivity contribution in [1.29, 1.82) is 0 Å². The molecule has 6 heteroatoms. The fraction of sp³-hybridized carbons (Fsp3) is 0.600. The van der Waals surface area contributed by atoms with E-state index in [1.165, 1.54) is 0 Å². The lowest BCUT2D eigenvalue weighted by atomic mass is 10.2. The number of benzene rings is 1. The van der Waals surface area contributed by atoms with Crippen molar-refractivity contribution in [2.24, 2.45) is 0 Å². The molecule has 0 aliphatic carbocycles. The first-order valence-electron chi connectivity index (χ1n) is 9.40. The number of anilines is 1. The summed E-state index contributed by atoms with van der Waals surface area (Å²) in [4.78, 5) is 26.4. The van der Waals surface area contributed by atoms with Gasteiger partial charge in [0.05, 0.1) is 18.7 Å². The average Bonchev–Trinajstić information content (AvgIpc) is 2.62. The lowest BCUT2D eigenvalue weighted by Crippen LogP contribution is -2.33. The number of hydrogen-bond acceptors (Lipinski definition) is 4. The highest BCUT2D eigenvalue weighted by Gasteiger charge is 2.11. The van der Waals surface area contributed by atoms with Crippen molar-refractivity contribution >= 4 is 30.0 Å². The van der Waals surface area contributed by atoms with Crippen molar-refractivity contribution in [3.05, 3.63) is 29.8 Å². The molecule has 1 N–H and O–H groups in total. The monoisotopic (exact) mass is 384 g/mol. The number of likely N-dealkylation sites (N-methyl/N-ethyl adjacent to an activating group) is 1. The Hall–Kier alpha value is -1.59. The Bertz CT molecular complexity index is 538. The van der Waals surface area contributed by atoms with Gasteiger partial charge in [-0.15, -0.1) is 12.4 Å². The molecule has 0 aliphatic heterocycles. The van der Waals surface area contributed by atoms with Crippen LogP contribution in [0.2, 0.25) is 0 Å². The summed E-state index contributed by atoms with van der Waals surface area (Å²) in [5.74, 6) is -0.406. The number of rotatable bonds is 12. The summed E-state index contributed by atoms with van der Waals surface area (Å²) < 4.78 is 5.26. The van der Waals surface area contributed by atoms with Crippen LogP contribution in [-0.2, 0) is 9.53 Å². The first kappa shape index (κ1) is 24.4. The van der Waals surface area contributed by atoms with Crippen LogP contribution in [0.5, 0.6) is 0 Å². The lowest BCUT2D eigenvalue weighted by molar-refractivity contribution is -0.117. The molecule has 26 heavy (non-hydrogen) atoms. The van der Waals surface area contributed by atoms with Crippen molar-refractivity contribution < 1.29 is 14.3 Å². The van der Waals surface area contributed by atoms with Gasteiger partial charge in [-0.1, -0.05) is 46.1 Å². The standard InChI is InChI=1S/C20H32N2O3.ClH/c1-4-7-9-14-25-20(24)17-11-10-12-18(15-17)21-19(23)16-22(6-3)13-8-5-2;/h10-12,15H,4-9,13-14,16H2,1-3H3,(H,21,23);1H. The maximum atomic E-state index is 12.2. The molecule has 1 aromatic carbocycles. The van der Waals surface area contributed by atoms with Gasteiger partial charge in [0.25, 0.3) is 0 Å². The molecular formula is C20H33ClN2O3. The Balaban J connectivity index is 0.00000625.